The molecular formula is C26H22N6OS. The van der Waals surface area contributed by atoms with Crippen molar-refractivity contribution in [3.05, 3.63) is 109 Å². The molecule has 5 aromatic rings. The number of anilines is 1. The maximum atomic E-state index is 12.6. The summed E-state index contributed by atoms with van der Waals surface area (Å²) in [5, 5.41) is 16.6. The molecule has 1 N–H and O–H groups in total. The molecule has 0 unspecified atom stereocenters. The predicted octanol–water partition coefficient (Wildman–Crippen LogP) is 4.91. The Labute approximate surface area is 201 Å². The van der Waals surface area contributed by atoms with E-state index in [1.54, 1.807) is 6.20 Å². The first-order chi connectivity index (χ1) is 16.8. The number of carbonyl (C=O) groups is 1. The van der Waals surface area contributed by atoms with Crippen molar-refractivity contribution in [1.82, 2.24) is 24.5 Å². The van der Waals surface area contributed by atoms with Gasteiger partial charge in [0.15, 0.2) is 11.0 Å². The van der Waals surface area contributed by atoms with E-state index < -0.39 is 0 Å². The predicted molar refractivity (Wildman–Crippen MR) is 134 cm³/mol. The second-order valence-electron chi connectivity index (χ2n) is 7.58. The number of nitrogens with zero attached hydrogens (tertiary/aromatic N) is 5. The lowest BCUT2D eigenvalue weighted by Crippen LogP contribution is -2.14. The lowest BCUT2D eigenvalue weighted by Gasteiger charge is -2.10. The molecule has 7 nitrogen and oxygen atoms in total. The fourth-order valence-corrected chi connectivity index (χ4v) is 4.30. The molecule has 0 bridgehead atoms. The SMILES string of the molecule is O=C(CSc1nnc(-c2ccccc2)n1-c1ccccc1)Nc1ccc(Cn2cccn2)cc1. The Bertz CT molecular complexity index is 1350. The van der Waals surface area contributed by atoms with E-state index in [1.165, 1.54) is 11.8 Å². The van der Waals surface area contributed by atoms with E-state index in [1.807, 2.05) is 106 Å². The van der Waals surface area contributed by atoms with Gasteiger partial charge in [0.25, 0.3) is 0 Å². The average molecular weight is 467 g/mol. The Morgan fingerprint density at radius 2 is 1.59 bits per heavy atom. The smallest absolute Gasteiger partial charge is 0.234 e. The molecule has 0 aliphatic carbocycles. The second kappa shape index (κ2) is 10.2. The van der Waals surface area contributed by atoms with E-state index in [0.717, 1.165) is 28.3 Å². The normalized spacial score (nSPS) is 10.8. The van der Waals surface area contributed by atoms with Gasteiger partial charge >= 0.3 is 0 Å². The van der Waals surface area contributed by atoms with E-state index in [9.17, 15) is 4.79 Å². The van der Waals surface area contributed by atoms with Crippen LogP contribution in [0.5, 0.6) is 0 Å². The lowest BCUT2D eigenvalue weighted by molar-refractivity contribution is -0.113. The number of nitrogens with one attached hydrogen (secondary N) is 1. The molecule has 0 aliphatic rings. The number of carbonyl (C=O) groups excluding carboxylic acids is 1. The molecule has 168 valence electrons. The van der Waals surface area contributed by atoms with Crippen molar-refractivity contribution in [2.45, 2.75) is 11.7 Å². The maximum absolute atomic E-state index is 12.6. The molecule has 3 aromatic carbocycles. The number of hydrogen-bond donors (Lipinski definition) is 1. The van der Waals surface area contributed by atoms with Gasteiger partial charge in [0.1, 0.15) is 0 Å². The fraction of sp³-hybridized carbons (Fsp3) is 0.0769. The zero-order valence-electron chi connectivity index (χ0n) is 18.3. The van der Waals surface area contributed by atoms with Crippen LogP contribution in [0.25, 0.3) is 17.1 Å². The van der Waals surface area contributed by atoms with Gasteiger partial charge in [-0.2, -0.15) is 5.10 Å². The number of rotatable bonds is 8. The highest BCUT2D eigenvalue weighted by Crippen LogP contribution is 2.28. The number of benzene rings is 3. The van der Waals surface area contributed by atoms with Crippen molar-refractivity contribution < 1.29 is 4.79 Å². The van der Waals surface area contributed by atoms with Gasteiger partial charge in [-0.3, -0.25) is 14.0 Å². The van der Waals surface area contributed by atoms with Crippen molar-refractivity contribution in [3.63, 3.8) is 0 Å². The summed E-state index contributed by atoms with van der Waals surface area (Å²) in [4.78, 5) is 12.6. The minimum atomic E-state index is -0.103. The first-order valence-corrected chi connectivity index (χ1v) is 11.8. The summed E-state index contributed by atoms with van der Waals surface area (Å²) < 4.78 is 3.84. The van der Waals surface area contributed by atoms with Gasteiger partial charge in [-0.05, 0) is 35.9 Å². The molecule has 2 heterocycles. The van der Waals surface area contributed by atoms with Crippen LogP contribution in [0.1, 0.15) is 5.56 Å². The van der Waals surface area contributed by atoms with Crippen molar-refractivity contribution >= 4 is 23.4 Å². The van der Waals surface area contributed by atoms with Gasteiger partial charge in [0.05, 0.1) is 12.3 Å². The molecule has 1 amide bonds. The van der Waals surface area contributed by atoms with E-state index in [2.05, 4.69) is 20.6 Å². The zero-order valence-corrected chi connectivity index (χ0v) is 19.1. The quantitative estimate of drug-likeness (QED) is 0.329. The van der Waals surface area contributed by atoms with Crippen molar-refractivity contribution in [2.24, 2.45) is 0 Å². The van der Waals surface area contributed by atoms with Crippen LogP contribution in [0.4, 0.5) is 5.69 Å². The first kappa shape index (κ1) is 21.7. The Balaban J connectivity index is 1.27. The van der Waals surface area contributed by atoms with Crippen molar-refractivity contribution in [2.75, 3.05) is 11.1 Å². The van der Waals surface area contributed by atoms with Gasteiger partial charge < -0.3 is 5.32 Å². The summed E-state index contributed by atoms with van der Waals surface area (Å²) in [5.41, 5.74) is 3.78. The second-order valence-corrected chi connectivity index (χ2v) is 8.52. The molecule has 0 fully saturated rings. The van der Waals surface area contributed by atoms with Crippen LogP contribution in [0.15, 0.2) is 109 Å². The number of hydrogen-bond acceptors (Lipinski definition) is 5. The van der Waals surface area contributed by atoms with Gasteiger partial charge in [-0.25, -0.2) is 0 Å². The molecule has 0 atom stereocenters. The summed E-state index contributed by atoms with van der Waals surface area (Å²) >= 11 is 1.36. The van der Waals surface area contributed by atoms with Crippen LogP contribution in [0, 0.1) is 0 Å². The van der Waals surface area contributed by atoms with Gasteiger partial charge in [-0.1, -0.05) is 72.4 Å². The Morgan fingerprint density at radius 1 is 0.853 bits per heavy atom. The molecule has 8 heteroatoms. The van der Waals surface area contributed by atoms with Gasteiger partial charge in [-0.15, -0.1) is 10.2 Å². The zero-order chi connectivity index (χ0) is 23.2. The molecule has 34 heavy (non-hydrogen) atoms. The fourth-order valence-electron chi connectivity index (χ4n) is 3.55. The van der Waals surface area contributed by atoms with Crippen LogP contribution in [0.2, 0.25) is 0 Å². The van der Waals surface area contributed by atoms with Crippen LogP contribution < -0.4 is 5.32 Å². The summed E-state index contributed by atoms with van der Waals surface area (Å²) in [5.74, 6) is 0.852. The number of thioether (sulfide) groups is 1. The highest BCUT2D eigenvalue weighted by atomic mass is 32.2. The summed E-state index contributed by atoms with van der Waals surface area (Å²) in [6, 6.07) is 29.5. The molecule has 5 rings (SSSR count). The van der Waals surface area contributed by atoms with Crippen molar-refractivity contribution in [3.8, 4) is 17.1 Å². The molecule has 0 aliphatic heterocycles. The van der Waals surface area contributed by atoms with E-state index in [0.29, 0.717) is 11.7 Å². The Kier molecular flexibility index (Phi) is 6.49. The third-order valence-electron chi connectivity index (χ3n) is 5.15. The summed E-state index contributed by atoms with van der Waals surface area (Å²) in [7, 11) is 0. The van der Waals surface area contributed by atoms with Gasteiger partial charge in [0, 0.05) is 29.3 Å². The standard InChI is InChI=1S/C26H22N6OS/c33-24(28-22-14-12-20(13-15-22)18-31-17-7-16-27-31)19-34-26-30-29-25(21-8-3-1-4-9-21)32(26)23-10-5-2-6-11-23/h1-17H,18-19H2,(H,28,33). The lowest BCUT2D eigenvalue weighted by atomic mass is 10.2. The Morgan fingerprint density at radius 3 is 2.29 bits per heavy atom. The molecular weight excluding hydrogens is 444 g/mol. The van der Waals surface area contributed by atoms with Crippen LogP contribution in [0.3, 0.4) is 0 Å². The minimum absolute atomic E-state index is 0.103. The molecule has 0 radical (unpaired) electrons. The van der Waals surface area contributed by atoms with E-state index >= 15 is 0 Å². The van der Waals surface area contributed by atoms with Crippen LogP contribution >= 0.6 is 11.8 Å². The highest BCUT2D eigenvalue weighted by molar-refractivity contribution is 7.99. The van der Waals surface area contributed by atoms with Crippen molar-refractivity contribution in [1.29, 1.82) is 0 Å². The van der Waals surface area contributed by atoms with E-state index in [4.69, 9.17) is 0 Å². The molecule has 0 spiro atoms. The monoisotopic (exact) mass is 466 g/mol. The maximum Gasteiger partial charge on any atom is 0.234 e. The molecule has 0 saturated carbocycles. The third-order valence-corrected chi connectivity index (χ3v) is 6.08. The van der Waals surface area contributed by atoms with Gasteiger partial charge in [0.2, 0.25) is 5.91 Å². The average Bonchev–Trinajstić information content (AvgIpc) is 3.55. The molecule has 2 aromatic heterocycles. The van der Waals surface area contributed by atoms with Crippen LogP contribution in [-0.4, -0.2) is 36.2 Å². The third kappa shape index (κ3) is 5.07. The largest absolute Gasteiger partial charge is 0.325 e. The number of aromatic nitrogens is 5. The minimum Gasteiger partial charge on any atom is -0.325 e. The first-order valence-electron chi connectivity index (χ1n) is 10.8. The van der Waals surface area contributed by atoms with E-state index in [-0.39, 0.29) is 11.7 Å². The molecule has 0 saturated heterocycles. The van der Waals surface area contributed by atoms with Crippen LogP contribution in [-0.2, 0) is 11.3 Å². The summed E-state index contributed by atoms with van der Waals surface area (Å²) in [6.45, 7) is 0.690. The summed E-state index contributed by atoms with van der Waals surface area (Å²) in [6.07, 6.45) is 3.68. The Hall–Kier alpha value is -4.17. The number of para-hydroxylation sites is 1. The number of amides is 1. The highest BCUT2D eigenvalue weighted by Gasteiger charge is 2.17. The topological polar surface area (TPSA) is 77.6 Å².